The van der Waals surface area contributed by atoms with Crippen molar-refractivity contribution in [1.82, 2.24) is 15.5 Å². The number of rotatable bonds is 10. The van der Waals surface area contributed by atoms with E-state index in [4.69, 9.17) is 4.74 Å². The van der Waals surface area contributed by atoms with E-state index in [2.05, 4.69) is 15.4 Å². The summed E-state index contributed by atoms with van der Waals surface area (Å²) in [5, 5.41) is 33.8. The van der Waals surface area contributed by atoms with Gasteiger partial charge in [-0.25, -0.2) is 4.79 Å². The lowest BCUT2D eigenvalue weighted by Crippen LogP contribution is -2.55. The van der Waals surface area contributed by atoms with Gasteiger partial charge in [0, 0.05) is 6.54 Å². The highest BCUT2D eigenvalue weighted by atomic mass is 16.6. The topological polar surface area (TPSA) is 175 Å². The van der Waals surface area contributed by atoms with Crippen LogP contribution >= 0.6 is 0 Å². The van der Waals surface area contributed by atoms with Crippen LogP contribution in [-0.4, -0.2) is 89.2 Å². The number of hydrogen-bond donors (Lipinski definition) is 5. The number of carbonyl (C=O) groups excluding carboxylic acids is 4. The number of esters is 1. The molecule has 12 nitrogen and oxygen atoms in total. The Morgan fingerprint density at radius 1 is 1.15 bits per heavy atom. The molecule has 1 aromatic carbocycles. The molecule has 2 atom stereocenters. The van der Waals surface area contributed by atoms with Crippen molar-refractivity contribution in [3.05, 3.63) is 29.3 Å². The first-order valence-corrected chi connectivity index (χ1v) is 10.5. The van der Waals surface area contributed by atoms with Crippen molar-refractivity contribution in [2.45, 2.75) is 45.4 Å². The standard InChI is InChI=1S/C22H33N3O9/c1-13-10-14(6-7-16(13)28)18(19(30)23-11-17(29)33-5)25(8-9-26)20(31)15(12-27)24-21(32)34-22(2,3)4/h6-7,10,15,18,26-28H,8-9,11-12H2,1-5H3,(H,23,30)(H,24,32). The van der Waals surface area contributed by atoms with Gasteiger partial charge in [0.2, 0.25) is 11.8 Å². The zero-order chi connectivity index (χ0) is 26.1. The number of aryl methyl sites for hydroxylation is 1. The summed E-state index contributed by atoms with van der Waals surface area (Å²) in [5.74, 6) is -2.44. The van der Waals surface area contributed by atoms with E-state index in [1.54, 1.807) is 27.7 Å². The average Bonchev–Trinajstić information content (AvgIpc) is 2.76. The third-order valence-electron chi connectivity index (χ3n) is 4.53. The van der Waals surface area contributed by atoms with Crippen LogP contribution in [0.25, 0.3) is 0 Å². The Hall–Kier alpha value is -3.38. The van der Waals surface area contributed by atoms with E-state index in [0.29, 0.717) is 5.56 Å². The fourth-order valence-electron chi connectivity index (χ4n) is 2.96. The van der Waals surface area contributed by atoms with Crippen LogP contribution in [0.3, 0.4) is 0 Å². The number of hydrogen-bond acceptors (Lipinski definition) is 9. The summed E-state index contributed by atoms with van der Waals surface area (Å²) < 4.78 is 9.63. The summed E-state index contributed by atoms with van der Waals surface area (Å²) in [6.45, 7) is 4.26. The highest BCUT2D eigenvalue weighted by Gasteiger charge is 2.36. The Morgan fingerprint density at radius 2 is 1.79 bits per heavy atom. The predicted molar refractivity (Wildman–Crippen MR) is 120 cm³/mol. The van der Waals surface area contributed by atoms with Crippen LogP contribution < -0.4 is 10.6 Å². The molecule has 0 aromatic heterocycles. The minimum atomic E-state index is -1.49. The number of nitrogens with zero attached hydrogens (tertiary/aromatic N) is 1. The molecule has 12 heteroatoms. The first-order chi connectivity index (χ1) is 15.8. The molecule has 0 saturated carbocycles. The smallest absolute Gasteiger partial charge is 0.408 e. The van der Waals surface area contributed by atoms with Gasteiger partial charge < -0.3 is 40.3 Å². The molecule has 0 radical (unpaired) electrons. The van der Waals surface area contributed by atoms with Crippen molar-refractivity contribution < 1.29 is 44.0 Å². The minimum Gasteiger partial charge on any atom is -0.508 e. The monoisotopic (exact) mass is 483 g/mol. The molecule has 0 fully saturated rings. The van der Waals surface area contributed by atoms with Crippen LogP contribution in [0.5, 0.6) is 5.75 Å². The van der Waals surface area contributed by atoms with E-state index in [1.165, 1.54) is 18.2 Å². The maximum absolute atomic E-state index is 13.3. The molecule has 0 heterocycles. The maximum atomic E-state index is 13.3. The maximum Gasteiger partial charge on any atom is 0.408 e. The third kappa shape index (κ3) is 8.52. The number of ether oxygens (including phenoxy) is 2. The quantitative estimate of drug-likeness (QED) is 0.281. The van der Waals surface area contributed by atoms with Gasteiger partial charge in [-0.05, 0) is 51.0 Å². The minimum absolute atomic E-state index is 0.0441. The number of nitrogens with one attached hydrogen (secondary N) is 2. The molecule has 5 N–H and O–H groups in total. The SMILES string of the molecule is COC(=O)CNC(=O)C(c1ccc(O)c(C)c1)N(CCO)C(=O)C(CO)NC(=O)OC(C)(C)C. The molecule has 0 spiro atoms. The van der Waals surface area contributed by atoms with Gasteiger partial charge in [0.05, 0.1) is 20.3 Å². The number of methoxy groups -OCH3 is 1. The van der Waals surface area contributed by atoms with E-state index in [1.807, 2.05) is 0 Å². The molecular formula is C22H33N3O9. The fourth-order valence-corrected chi connectivity index (χ4v) is 2.96. The number of aliphatic hydroxyl groups excluding tert-OH is 2. The van der Waals surface area contributed by atoms with Crippen molar-refractivity contribution >= 4 is 23.9 Å². The molecule has 34 heavy (non-hydrogen) atoms. The number of benzene rings is 1. The zero-order valence-electron chi connectivity index (χ0n) is 20.0. The summed E-state index contributed by atoms with van der Waals surface area (Å²) in [7, 11) is 1.14. The van der Waals surface area contributed by atoms with Gasteiger partial charge in [-0.1, -0.05) is 6.07 Å². The Kier molecular flexibility index (Phi) is 10.7. The second-order valence-corrected chi connectivity index (χ2v) is 8.38. The molecule has 1 rings (SSSR count). The Morgan fingerprint density at radius 3 is 2.29 bits per heavy atom. The van der Waals surface area contributed by atoms with Crippen molar-refractivity contribution in [3.63, 3.8) is 0 Å². The lowest BCUT2D eigenvalue weighted by molar-refractivity contribution is -0.145. The molecule has 0 bridgehead atoms. The van der Waals surface area contributed by atoms with Gasteiger partial charge >= 0.3 is 12.1 Å². The van der Waals surface area contributed by atoms with Gasteiger partial charge in [0.15, 0.2) is 0 Å². The fraction of sp³-hybridized carbons (Fsp3) is 0.545. The summed E-state index contributed by atoms with van der Waals surface area (Å²) in [5.41, 5.74) is -0.198. The van der Waals surface area contributed by atoms with Crippen LogP contribution in [0.4, 0.5) is 4.79 Å². The van der Waals surface area contributed by atoms with Crippen LogP contribution in [0, 0.1) is 6.92 Å². The van der Waals surface area contributed by atoms with Crippen LogP contribution in [-0.2, 0) is 23.9 Å². The zero-order valence-corrected chi connectivity index (χ0v) is 20.0. The van der Waals surface area contributed by atoms with Crippen molar-refractivity contribution in [2.75, 3.05) is 33.4 Å². The summed E-state index contributed by atoms with van der Waals surface area (Å²) in [4.78, 5) is 51.0. The third-order valence-corrected chi connectivity index (χ3v) is 4.53. The molecule has 0 aliphatic heterocycles. The highest BCUT2D eigenvalue weighted by molar-refractivity contribution is 5.93. The number of aliphatic hydroxyl groups is 2. The molecule has 0 aliphatic rings. The second kappa shape index (κ2) is 12.8. The molecule has 190 valence electrons. The number of phenols is 1. The summed E-state index contributed by atoms with van der Waals surface area (Å²) in [6.07, 6.45) is -0.962. The normalized spacial score (nSPS) is 12.8. The Labute approximate surface area is 197 Å². The summed E-state index contributed by atoms with van der Waals surface area (Å²) in [6, 6.07) is 1.33. The van der Waals surface area contributed by atoms with E-state index in [9.17, 15) is 34.5 Å². The second-order valence-electron chi connectivity index (χ2n) is 8.38. The largest absolute Gasteiger partial charge is 0.508 e. The van der Waals surface area contributed by atoms with E-state index < -0.39 is 61.3 Å². The predicted octanol–water partition coefficient (Wildman–Crippen LogP) is -0.263. The first-order valence-electron chi connectivity index (χ1n) is 10.5. The number of carbonyl (C=O) groups is 4. The van der Waals surface area contributed by atoms with Crippen molar-refractivity contribution in [1.29, 1.82) is 0 Å². The van der Waals surface area contributed by atoms with Gasteiger partial charge in [0.25, 0.3) is 0 Å². The van der Waals surface area contributed by atoms with Gasteiger partial charge in [-0.3, -0.25) is 14.4 Å². The molecule has 0 saturated heterocycles. The van der Waals surface area contributed by atoms with E-state index in [-0.39, 0.29) is 17.9 Å². The molecule has 2 unspecified atom stereocenters. The molecule has 0 aliphatic carbocycles. The first kappa shape index (κ1) is 28.7. The van der Waals surface area contributed by atoms with E-state index >= 15 is 0 Å². The van der Waals surface area contributed by atoms with E-state index in [0.717, 1.165) is 12.0 Å². The van der Waals surface area contributed by atoms with Crippen molar-refractivity contribution in [3.8, 4) is 5.75 Å². The Balaban J connectivity index is 3.36. The van der Waals surface area contributed by atoms with Crippen LogP contribution in [0.1, 0.15) is 37.9 Å². The molecule has 1 aromatic rings. The van der Waals surface area contributed by atoms with Crippen LogP contribution in [0.2, 0.25) is 0 Å². The number of phenolic OH excluding ortho intramolecular Hbond substituents is 1. The lowest BCUT2D eigenvalue weighted by Gasteiger charge is -2.33. The van der Waals surface area contributed by atoms with Gasteiger partial charge in [-0.15, -0.1) is 0 Å². The number of aromatic hydroxyl groups is 1. The average molecular weight is 484 g/mol. The number of amides is 3. The number of alkyl carbamates (subject to hydrolysis) is 1. The molecular weight excluding hydrogens is 450 g/mol. The summed E-state index contributed by atoms with van der Waals surface area (Å²) >= 11 is 0. The van der Waals surface area contributed by atoms with Gasteiger partial charge in [-0.2, -0.15) is 0 Å². The highest BCUT2D eigenvalue weighted by Crippen LogP contribution is 2.27. The van der Waals surface area contributed by atoms with Crippen LogP contribution in [0.15, 0.2) is 18.2 Å². The molecule has 3 amide bonds. The van der Waals surface area contributed by atoms with Crippen molar-refractivity contribution in [2.24, 2.45) is 0 Å². The lowest BCUT2D eigenvalue weighted by atomic mass is 10.0. The Bertz CT molecular complexity index is 883. The van der Waals surface area contributed by atoms with Gasteiger partial charge in [0.1, 0.15) is 30.0 Å².